The van der Waals surface area contributed by atoms with Crippen molar-refractivity contribution in [2.24, 2.45) is 0 Å². The molecule has 1 aromatic heterocycles. The Bertz CT molecular complexity index is 452. The molecule has 0 bridgehead atoms. The normalized spacial score (nSPS) is 24.0. The molecule has 0 radical (unpaired) electrons. The highest BCUT2D eigenvalue weighted by Crippen LogP contribution is 2.29. The van der Waals surface area contributed by atoms with E-state index in [1.807, 2.05) is 0 Å². The van der Waals surface area contributed by atoms with Gasteiger partial charge in [0.05, 0.1) is 18.4 Å². The number of aryl methyl sites for hydroxylation is 1. The van der Waals surface area contributed by atoms with Crippen LogP contribution in [-0.2, 0) is 22.4 Å². The molecule has 110 valence electrons. The van der Waals surface area contributed by atoms with Crippen LogP contribution in [-0.4, -0.2) is 49.4 Å². The number of rotatable bonds is 5. The second kappa shape index (κ2) is 6.20. The van der Waals surface area contributed by atoms with Crippen molar-refractivity contribution in [3.05, 3.63) is 29.1 Å². The van der Waals surface area contributed by atoms with E-state index in [0.717, 1.165) is 45.7 Å². The zero-order chi connectivity index (χ0) is 13.9. The van der Waals surface area contributed by atoms with Crippen molar-refractivity contribution in [2.45, 2.75) is 38.3 Å². The molecule has 4 heteroatoms. The molecule has 0 N–H and O–H groups in total. The van der Waals surface area contributed by atoms with Crippen LogP contribution in [0.5, 0.6) is 0 Å². The van der Waals surface area contributed by atoms with Crippen molar-refractivity contribution < 1.29 is 9.47 Å². The molecule has 0 saturated carbocycles. The van der Waals surface area contributed by atoms with Gasteiger partial charge in [-0.15, -0.1) is 0 Å². The fourth-order valence-corrected chi connectivity index (χ4v) is 3.04. The molecule has 0 aromatic carbocycles. The average molecular weight is 276 g/mol. The summed E-state index contributed by atoms with van der Waals surface area (Å²) >= 11 is 0. The highest BCUT2D eigenvalue weighted by atomic mass is 16.5. The smallest absolute Gasteiger partial charge is 0.0825 e. The van der Waals surface area contributed by atoms with Gasteiger partial charge in [-0.2, -0.15) is 0 Å². The molecule has 0 amide bonds. The Balaban J connectivity index is 1.75. The summed E-state index contributed by atoms with van der Waals surface area (Å²) in [7, 11) is 1.79. The van der Waals surface area contributed by atoms with E-state index in [2.05, 4.69) is 24.0 Å². The van der Waals surface area contributed by atoms with Crippen molar-refractivity contribution in [1.82, 2.24) is 9.88 Å². The predicted molar refractivity (Wildman–Crippen MR) is 77.9 cm³/mol. The summed E-state index contributed by atoms with van der Waals surface area (Å²) in [6.45, 7) is 6.88. The summed E-state index contributed by atoms with van der Waals surface area (Å²) in [4.78, 5) is 7.28. The van der Waals surface area contributed by atoms with E-state index in [1.54, 1.807) is 7.11 Å². The minimum absolute atomic E-state index is 0.405. The van der Waals surface area contributed by atoms with E-state index in [1.165, 1.54) is 17.0 Å². The molecule has 2 aliphatic rings. The van der Waals surface area contributed by atoms with Crippen LogP contribution in [0.1, 0.15) is 36.2 Å². The lowest BCUT2D eigenvalue weighted by atomic mass is 9.95. The van der Waals surface area contributed by atoms with Crippen LogP contribution in [0.25, 0.3) is 0 Å². The first-order valence-electron chi connectivity index (χ1n) is 7.61. The molecule has 1 atom stereocenters. The summed E-state index contributed by atoms with van der Waals surface area (Å²) in [5.74, 6) is 0.530. The second-order valence-electron chi connectivity index (χ2n) is 5.80. The Morgan fingerprint density at radius 3 is 2.90 bits per heavy atom. The molecule has 20 heavy (non-hydrogen) atoms. The minimum atomic E-state index is 0.405. The van der Waals surface area contributed by atoms with Crippen LogP contribution in [0.2, 0.25) is 0 Å². The minimum Gasteiger partial charge on any atom is -0.381 e. The van der Waals surface area contributed by atoms with E-state index in [9.17, 15) is 0 Å². The third-order valence-electron chi connectivity index (χ3n) is 4.43. The fraction of sp³-hybridized carbons (Fsp3) is 0.688. The number of ether oxygens (including phenoxy) is 2. The highest BCUT2D eigenvalue weighted by Gasteiger charge is 2.29. The van der Waals surface area contributed by atoms with Crippen molar-refractivity contribution in [1.29, 1.82) is 0 Å². The molecule has 2 saturated heterocycles. The van der Waals surface area contributed by atoms with Crippen LogP contribution in [0.15, 0.2) is 12.1 Å². The van der Waals surface area contributed by atoms with Gasteiger partial charge in [-0.25, -0.2) is 0 Å². The molecule has 3 rings (SSSR count). The molecular weight excluding hydrogens is 252 g/mol. The molecule has 0 aliphatic carbocycles. The fourth-order valence-electron chi connectivity index (χ4n) is 3.04. The summed E-state index contributed by atoms with van der Waals surface area (Å²) in [5.41, 5.74) is 3.82. The number of likely N-dealkylation sites (tertiary alicyclic amines) is 1. The SMILES string of the molecule is CCc1ccc(C2CCOC2)c(CN2CC(OC)C2)n1. The number of hydrogen-bond donors (Lipinski definition) is 0. The van der Waals surface area contributed by atoms with Gasteiger partial charge in [0.25, 0.3) is 0 Å². The molecule has 2 aliphatic heterocycles. The molecular formula is C16H24N2O2. The lowest BCUT2D eigenvalue weighted by molar-refractivity contribution is -0.0340. The Hall–Kier alpha value is -0.970. The van der Waals surface area contributed by atoms with Crippen molar-refractivity contribution in [3.63, 3.8) is 0 Å². The Kier molecular flexibility index (Phi) is 4.34. The number of aromatic nitrogens is 1. The molecule has 3 heterocycles. The van der Waals surface area contributed by atoms with Gasteiger partial charge in [0.2, 0.25) is 0 Å². The van der Waals surface area contributed by atoms with Gasteiger partial charge < -0.3 is 9.47 Å². The number of pyridine rings is 1. The first kappa shape index (κ1) is 14.0. The maximum absolute atomic E-state index is 5.54. The van der Waals surface area contributed by atoms with Crippen LogP contribution in [0, 0.1) is 0 Å². The highest BCUT2D eigenvalue weighted by molar-refractivity contribution is 5.28. The lowest BCUT2D eigenvalue weighted by Gasteiger charge is -2.38. The average Bonchev–Trinajstić information content (AvgIpc) is 2.96. The maximum Gasteiger partial charge on any atom is 0.0825 e. The molecule has 1 unspecified atom stereocenters. The van der Waals surface area contributed by atoms with Gasteiger partial charge in [0, 0.05) is 45.0 Å². The van der Waals surface area contributed by atoms with Gasteiger partial charge >= 0.3 is 0 Å². The first-order chi connectivity index (χ1) is 9.80. The third-order valence-corrected chi connectivity index (χ3v) is 4.43. The third kappa shape index (κ3) is 2.87. The van der Waals surface area contributed by atoms with Crippen LogP contribution in [0.3, 0.4) is 0 Å². The summed E-state index contributed by atoms with van der Waals surface area (Å²) in [5, 5.41) is 0. The second-order valence-corrected chi connectivity index (χ2v) is 5.80. The standard InChI is InChI=1S/C16H24N2O2/c1-3-13-4-5-15(12-6-7-20-11-12)16(17-13)10-18-8-14(9-18)19-2/h4-5,12,14H,3,6-11H2,1-2H3. The summed E-state index contributed by atoms with van der Waals surface area (Å²) < 4.78 is 10.9. The molecule has 0 spiro atoms. The zero-order valence-corrected chi connectivity index (χ0v) is 12.5. The van der Waals surface area contributed by atoms with Crippen LogP contribution >= 0.6 is 0 Å². The number of methoxy groups -OCH3 is 1. The summed E-state index contributed by atoms with van der Waals surface area (Å²) in [6.07, 6.45) is 2.53. The Morgan fingerprint density at radius 1 is 1.40 bits per heavy atom. The van der Waals surface area contributed by atoms with Gasteiger partial charge in [-0.05, 0) is 24.5 Å². The van der Waals surface area contributed by atoms with E-state index in [4.69, 9.17) is 14.5 Å². The van der Waals surface area contributed by atoms with Crippen molar-refractivity contribution >= 4 is 0 Å². The molecule has 2 fully saturated rings. The number of hydrogen-bond acceptors (Lipinski definition) is 4. The largest absolute Gasteiger partial charge is 0.381 e. The van der Waals surface area contributed by atoms with Gasteiger partial charge in [0.1, 0.15) is 0 Å². The van der Waals surface area contributed by atoms with Gasteiger partial charge in [-0.1, -0.05) is 13.0 Å². The zero-order valence-electron chi connectivity index (χ0n) is 12.5. The Labute approximate surface area is 121 Å². The van der Waals surface area contributed by atoms with Crippen LogP contribution < -0.4 is 0 Å². The molecule has 4 nitrogen and oxygen atoms in total. The Morgan fingerprint density at radius 2 is 2.25 bits per heavy atom. The van der Waals surface area contributed by atoms with E-state index >= 15 is 0 Å². The van der Waals surface area contributed by atoms with Gasteiger partial charge in [0.15, 0.2) is 0 Å². The van der Waals surface area contributed by atoms with Crippen molar-refractivity contribution in [3.8, 4) is 0 Å². The topological polar surface area (TPSA) is 34.6 Å². The lowest BCUT2D eigenvalue weighted by Crippen LogP contribution is -2.51. The van der Waals surface area contributed by atoms with E-state index in [0.29, 0.717) is 12.0 Å². The van der Waals surface area contributed by atoms with Crippen LogP contribution in [0.4, 0.5) is 0 Å². The van der Waals surface area contributed by atoms with E-state index in [-0.39, 0.29) is 0 Å². The van der Waals surface area contributed by atoms with Crippen molar-refractivity contribution in [2.75, 3.05) is 33.4 Å². The predicted octanol–water partition coefficient (Wildman–Crippen LogP) is 1.98. The quantitative estimate of drug-likeness (QED) is 0.823. The first-order valence-corrected chi connectivity index (χ1v) is 7.61. The summed E-state index contributed by atoms with van der Waals surface area (Å²) in [6, 6.07) is 4.44. The number of nitrogens with zero attached hydrogens (tertiary/aromatic N) is 2. The van der Waals surface area contributed by atoms with E-state index < -0.39 is 0 Å². The maximum atomic E-state index is 5.54. The monoisotopic (exact) mass is 276 g/mol. The van der Waals surface area contributed by atoms with Gasteiger partial charge in [-0.3, -0.25) is 9.88 Å². The molecule has 1 aromatic rings.